The van der Waals surface area contributed by atoms with E-state index in [4.69, 9.17) is 17.0 Å². The lowest BCUT2D eigenvalue weighted by molar-refractivity contribution is 0.122. The third kappa shape index (κ3) is 2.63. The predicted molar refractivity (Wildman–Crippen MR) is 57.6 cm³/mol. The summed E-state index contributed by atoms with van der Waals surface area (Å²) in [5, 5.41) is 7.84. The molecular formula is C6H10ClN3OS2. The largest absolute Gasteiger partial charge is 0.378 e. The van der Waals surface area contributed by atoms with Gasteiger partial charge >= 0.3 is 0 Å². The van der Waals surface area contributed by atoms with Gasteiger partial charge in [-0.2, -0.15) is 0 Å². The molecule has 0 atom stereocenters. The number of morpholine rings is 1. The van der Waals surface area contributed by atoms with Gasteiger partial charge < -0.3 is 9.64 Å². The monoisotopic (exact) mass is 239 g/mol. The quantitative estimate of drug-likeness (QED) is 0.754. The van der Waals surface area contributed by atoms with E-state index in [9.17, 15) is 0 Å². The van der Waals surface area contributed by atoms with Crippen LogP contribution in [0.1, 0.15) is 0 Å². The predicted octanol–water partition coefficient (Wildman–Crippen LogP) is 1.46. The van der Waals surface area contributed by atoms with Crippen molar-refractivity contribution in [2.24, 2.45) is 0 Å². The Balaban J connectivity index is 0.000000845. The van der Waals surface area contributed by atoms with Crippen LogP contribution in [0.15, 0.2) is 0 Å². The van der Waals surface area contributed by atoms with Gasteiger partial charge in [-0.25, -0.2) is 0 Å². The highest BCUT2D eigenvalue weighted by Gasteiger charge is 2.13. The van der Waals surface area contributed by atoms with Crippen molar-refractivity contribution in [3.05, 3.63) is 3.95 Å². The topological polar surface area (TPSA) is 41.2 Å². The number of hydrogen-bond acceptors (Lipinski definition) is 5. The molecule has 1 fully saturated rings. The molecular weight excluding hydrogens is 230 g/mol. The van der Waals surface area contributed by atoms with Crippen molar-refractivity contribution in [3.8, 4) is 0 Å². The molecule has 1 aromatic heterocycles. The van der Waals surface area contributed by atoms with Gasteiger partial charge in [-0.3, -0.25) is 5.10 Å². The van der Waals surface area contributed by atoms with Crippen LogP contribution in [0.4, 0.5) is 5.13 Å². The normalized spacial score (nSPS) is 16.8. The van der Waals surface area contributed by atoms with Crippen molar-refractivity contribution in [2.75, 3.05) is 31.2 Å². The molecule has 0 saturated carbocycles. The molecule has 7 heteroatoms. The summed E-state index contributed by atoms with van der Waals surface area (Å²) < 4.78 is 5.96. The van der Waals surface area contributed by atoms with Gasteiger partial charge in [-0.05, 0) is 12.2 Å². The van der Waals surface area contributed by atoms with E-state index in [1.807, 2.05) is 0 Å². The lowest BCUT2D eigenvalue weighted by Crippen LogP contribution is -2.36. The van der Waals surface area contributed by atoms with Crippen LogP contribution in [0.2, 0.25) is 0 Å². The summed E-state index contributed by atoms with van der Waals surface area (Å²) in [6.07, 6.45) is 0. The van der Waals surface area contributed by atoms with Crippen molar-refractivity contribution in [2.45, 2.75) is 0 Å². The van der Waals surface area contributed by atoms with E-state index in [1.165, 1.54) is 11.3 Å². The van der Waals surface area contributed by atoms with Gasteiger partial charge in [0.1, 0.15) is 0 Å². The van der Waals surface area contributed by atoms with E-state index in [1.54, 1.807) is 0 Å². The smallest absolute Gasteiger partial charge is 0.207 e. The van der Waals surface area contributed by atoms with Crippen molar-refractivity contribution in [1.29, 1.82) is 0 Å². The van der Waals surface area contributed by atoms with Gasteiger partial charge in [-0.15, -0.1) is 17.5 Å². The maximum atomic E-state index is 5.23. The molecule has 1 aliphatic rings. The fraction of sp³-hybridized carbons (Fsp3) is 0.667. The fourth-order valence-corrected chi connectivity index (χ4v) is 2.04. The second kappa shape index (κ2) is 4.90. The van der Waals surface area contributed by atoms with Gasteiger partial charge in [0.15, 0.2) is 3.95 Å². The molecule has 0 aliphatic carbocycles. The second-order valence-corrected chi connectivity index (χ2v) is 4.14. The van der Waals surface area contributed by atoms with Crippen molar-refractivity contribution >= 4 is 41.1 Å². The fourth-order valence-electron chi connectivity index (χ4n) is 1.11. The Bertz CT molecular complexity index is 307. The van der Waals surface area contributed by atoms with E-state index in [-0.39, 0.29) is 12.4 Å². The molecule has 0 aromatic carbocycles. The first-order chi connectivity index (χ1) is 5.86. The Morgan fingerprint density at radius 2 is 2.15 bits per heavy atom. The number of anilines is 1. The number of rotatable bonds is 1. The molecule has 13 heavy (non-hydrogen) atoms. The Labute approximate surface area is 91.3 Å². The Morgan fingerprint density at radius 3 is 2.69 bits per heavy atom. The number of nitrogens with zero attached hydrogens (tertiary/aromatic N) is 2. The molecule has 4 nitrogen and oxygen atoms in total. The summed E-state index contributed by atoms with van der Waals surface area (Å²) in [4.78, 5) is 2.18. The average molecular weight is 240 g/mol. The van der Waals surface area contributed by atoms with Crippen LogP contribution in [-0.2, 0) is 4.74 Å². The zero-order valence-corrected chi connectivity index (χ0v) is 9.31. The lowest BCUT2D eigenvalue weighted by Gasteiger charge is -2.25. The van der Waals surface area contributed by atoms with Crippen LogP contribution in [0.5, 0.6) is 0 Å². The molecule has 2 rings (SSSR count). The third-order valence-electron chi connectivity index (χ3n) is 1.71. The summed E-state index contributed by atoms with van der Waals surface area (Å²) in [6.45, 7) is 3.39. The minimum absolute atomic E-state index is 0. The molecule has 74 valence electrons. The van der Waals surface area contributed by atoms with E-state index in [0.29, 0.717) is 0 Å². The van der Waals surface area contributed by atoms with E-state index < -0.39 is 0 Å². The first-order valence-electron chi connectivity index (χ1n) is 3.74. The molecule has 1 aromatic rings. The minimum atomic E-state index is 0. The number of aromatic nitrogens is 2. The van der Waals surface area contributed by atoms with Crippen molar-refractivity contribution in [1.82, 2.24) is 10.2 Å². The summed E-state index contributed by atoms with van der Waals surface area (Å²) in [5.41, 5.74) is 0. The van der Waals surface area contributed by atoms with Gasteiger partial charge in [0.2, 0.25) is 5.13 Å². The van der Waals surface area contributed by atoms with Crippen LogP contribution in [0.25, 0.3) is 0 Å². The minimum Gasteiger partial charge on any atom is -0.378 e. The second-order valence-electron chi connectivity index (χ2n) is 2.50. The number of aromatic amines is 1. The van der Waals surface area contributed by atoms with E-state index in [0.717, 1.165) is 35.4 Å². The van der Waals surface area contributed by atoms with E-state index >= 15 is 0 Å². The van der Waals surface area contributed by atoms with Crippen molar-refractivity contribution < 1.29 is 4.74 Å². The molecule has 0 unspecified atom stereocenters. The maximum Gasteiger partial charge on any atom is 0.207 e. The number of hydrogen-bond donors (Lipinski definition) is 1. The average Bonchev–Trinajstić information content (AvgIpc) is 2.54. The van der Waals surface area contributed by atoms with Crippen LogP contribution in [-0.4, -0.2) is 36.5 Å². The summed E-state index contributed by atoms with van der Waals surface area (Å²) >= 11 is 6.46. The molecule has 0 amide bonds. The molecule has 1 aliphatic heterocycles. The van der Waals surface area contributed by atoms with Crippen LogP contribution >= 0.6 is 36.0 Å². The molecule has 0 radical (unpaired) electrons. The number of halogens is 1. The van der Waals surface area contributed by atoms with Crippen LogP contribution in [0.3, 0.4) is 0 Å². The maximum absolute atomic E-state index is 5.23. The zero-order chi connectivity index (χ0) is 8.39. The van der Waals surface area contributed by atoms with Gasteiger partial charge in [0.05, 0.1) is 13.2 Å². The molecule has 1 saturated heterocycles. The van der Waals surface area contributed by atoms with Gasteiger partial charge in [0.25, 0.3) is 0 Å². The van der Waals surface area contributed by atoms with Gasteiger partial charge in [-0.1, -0.05) is 11.3 Å². The molecule has 1 N–H and O–H groups in total. The number of nitrogens with one attached hydrogen (secondary N) is 1. The lowest BCUT2D eigenvalue weighted by atomic mass is 10.5. The first kappa shape index (κ1) is 10.9. The summed E-state index contributed by atoms with van der Waals surface area (Å²) in [6, 6.07) is 0. The standard InChI is InChI=1S/C6H9N3OS2.ClH/c11-6-8-7-5(12-6)9-1-3-10-4-2-9;/h1-4H2,(H,8,11);1H. The molecule has 0 spiro atoms. The Morgan fingerprint density at radius 1 is 1.46 bits per heavy atom. The highest BCUT2D eigenvalue weighted by Crippen LogP contribution is 2.17. The number of H-pyrrole nitrogens is 1. The number of ether oxygens (including phenoxy) is 1. The molecule has 0 bridgehead atoms. The molecule has 2 heterocycles. The van der Waals surface area contributed by atoms with E-state index in [2.05, 4.69) is 15.1 Å². The third-order valence-corrected chi connectivity index (χ3v) is 2.86. The SMILES string of the molecule is Cl.S=c1[nH]nc(N2CCOCC2)s1. The Hall–Kier alpha value is -0.170. The Kier molecular flexibility index (Phi) is 4.11. The summed E-state index contributed by atoms with van der Waals surface area (Å²) in [7, 11) is 0. The van der Waals surface area contributed by atoms with Crippen molar-refractivity contribution in [3.63, 3.8) is 0 Å². The highest BCUT2D eigenvalue weighted by molar-refractivity contribution is 7.73. The summed E-state index contributed by atoms with van der Waals surface area (Å²) in [5.74, 6) is 0. The van der Waals surface area contributed by atoms with Crippen LogP contribution in [0, 0.1) is 3.95 Å². The first-order valence-corrected chi connectivity index (χ1v) is 4.97. The van der Waals surface area contributed by atoms with Crippen LogP contribution < -0.4 is 4.90 Å². The van der Waals surface area contributed by atoms with Gasteiger partial charge in [0, 0.05) is 13.1 Å². The zero-order valence-electron chi connectivity index (χ0n) is 6.86. The highest BCUT2D eigenvalue weighted by atomic mass is 35.5.